The number of allylic oxidation sites excluding steroid dienone is 1. The van der Waals surface area contributed by atoms with Crippen LogP contribution in [0, 0.1) is 13.8 Å². The molecule has 0 saturated heterocycles. The lowest BCUT2D eigenvalue weighted by atomic mass is 10.1. The summed E-state index contributed by atoms with van der Waals surface area (Å²) >= 11 is 0. The van der Waals surface area contributed by atoms with Gasteiger partial charge in [-0.1, -0.05) is 37.1 Å². The molecule has 0 unspecified atom stereocenters. The van der Waals surface area contributed by atoms with Gasteiger partial charge in [-0.25, -0.2) is 0 Å². The van der Waals surface area contributed by atoms with Crippen molar-refractivity contribution in [1.29, 1.82) is 0 Å². The summed E-state index contributed by atoms with van der Waals surface area (Å²) in [6.45, 7) is 8.74. The van der Waals surface area contributed by atoms with E-state index in [0.717, 1.165) is 42.7 Å². The molecule has 0 aromatic heterocycles. The number of para-hydroxylation sites is 1. The molecular weight excluding hydrogens is 332 g/mol. The van der Waals surface area contributed by atoms with Crippen molar-refractivity contribution in [3.8, 4) is 0 Å². The van der Waals surface area contributed by atoms with Crippen LogP contribution < -0.4 is 5.32 Å². The number of anilines is 2. The van der Waals surface area contributed by atoms with Gasteiger partial charge in [-0.15, -0.1) is 6.58 Å². The van der Waals surface area contributed by atoms with Gasteiger partial charge in [0, 0.05) is 30.5 Å². The molecule has 2 rings (SSSR count). The van der Waals surface area contributed by atoms with Gasteiger partial charge in [0.25, 0.3) is 5.91 Å². The minimum Gasteiger partial charge on any atom is -0.355 e. The molecule has 0 spiro atoms. The van der Waals surface area contributed by atoms with Gasteiger partial charge in [0.1, 0.15) is 0 Å². The van der Waals surface area contributed by atoms with Crippen LogP contribution in [0.4, 0.5) is 11.4 Å². The van der Waals surface area contributed by atoms with Crippen LogP contribution in [0.1, 0.15) is 53.6 Å². The molecule has 144 valence electrons. The number of carbonyl (C=O) groups is 1. The van der Waals surface area contributed by atoms with Gasteiger partial charge in [-0.05, 0) is 68.5 Å². The Morgan fingerprint density at radius 3 is 2.26 bits per heavy atom. The van der Waals surface area contributed by atoms with E-state index in [9.17, 15) is 4.79 Å². The van der Waals surface area contributed by atoms with Crippen molar-refractivity contribution in [2.24, 2.45) is 0 Å². The van der Waals surface area contributed by atoms with Gasteiger partial charge in [-0.3, -0.25) is 4.79 Å². The minimum atomic E-state index is 0.0831. The molecule has 0 saturated carbocycles. The number of hydrogen-bond donors (Lipinski definition) is 1. The average molecular weight is 365 g/mol. The fraction of sp³-hybridized carbons (Fsp3) is 0.375. The number of carbonyl (C=O) groups excluding carboxylic acids is 1. The molecule has 1 N–H and O–H groups in total. The zero-order valence-electron chi connectivity index (χ0n) is 16.9. The van der Waals surface area contributed by atoms with Gasteiger partial charge < -0.3 is 10.2 Å². The summed E-state index contributed by atoms with van der Waals surface area (Å²) < 4.78 is 0. The number of nitrogens with zero attached hydrogens (tertiary/aromatic N) is 1. The van der Waals surface area contributed by atoms with Crippen LogP contribution in [0.5, 0.6) is 0 Å². The number of unbranched alkanes of at least 4 members (excludes halogenated alkanes) is 4. The van der Waals surface area contributed by atoms with E-state index < -0.39 is 0 Å². The van der Waals surface area contributed by atoms with Crippen molar-refractivity contribution in [3.05, 3.63) is 71.8 Å². The Bertz CT molecular complexity index is 729. The number of aryl methyl sites for hydroxylation is 2. The highest BCUT2D eigenvalue weighted by Crippen LogP contribution is 2.24. The maximum atomic E-state index is 12.6. The van der Waals surface area contributed by atoms with Gasteiger partial charge >= 0.3 is 0 Å². The lowest BCUT2D eigenvalue weighted by Gasteiger charge is -2.18. The van der Waals surface area contributed by atoms with Crippen molar-refractivity contribution >= 4 is 17.3 Å². The van der Waals surface area contributed by atoms with Crippen LogP contribution in [0.3, 0.4) is 0 Å². The largest absolute Gasteiger partial charge is 0.355 e. The minimum absolute atomic E-state index is 0.0831. The molecule has 0 aliphatic heterocycles. The van der Waals surface area contributed by atoms with E-state index in [4.69, 9.17) is 0 Å². The Balaban J connectivity index is 1.88. The maximum absolute atomic E-state index is 12.6. The summed E-state index contributed by atoms with van der Waals surface area (Å²) in [4.78, 5) is 14.4. The zero-order valence-corrected chi connectivity index (χ0v) is 16.9. The molecule has 0 aliphatic rings. The Labute approximate surface area is 164 Å². The predicted octanol–water partition coefficient (Wildman–Crippen LogP) is 6.26. The maximum Gasteiger partial charge on any atom is 0.253 e. The van der Waals surface area contributed by atoms with Gasteiger partial charge in [0.2, 0.25) is 0 Å². The number of amides is 1. The summed E-state index contributed by atoms with van der Waals surface area (Å²) in [6.07, 6.45) is 7.64. The molecule has 1 amide bonds. The summed E-state index contributed by atoms with van der Waals surface area (Å²) in [5.41, 5.74) is 5.28. The second kappa shape index (κ2) is 10.6. The smallest absolute Gasteiger partial charge is 0.253 e. The van der Waals surface area contributed by atoms with E-state index in [1.807, 2.05) is 42.3 Å². The second-order valence-electron chi connectivity index (χ2n) is 7.19. The SMILES string of the molecule is C=CCCCCCCN(C)C(=O)c1ccc(Nc2c(C)cccc2C)cc1. The van der Waals surface area contributed by atoms with Gasteiger partial charge in [-0.2, -0.15) is 0 Å². The van der Waals surface area contributed by atoms with E-state index >= 15 is 0 Å². The first-order valence-corrected chi connectivity index (χ1v) is 9.82. The molecular formula is C24H32N2O. The lowest BCUT2D eigenvalue weighted by molar-refractivity contribution is 0.0792. The summed E-state index contributed by atoms with van der Waals surface area (Å²) in [6, 6.07) is 14.0. The molecule has 0 heterocycles. The van der Waals surface area contributed by atoms with E-state index in [1.165, 1.54) is 24.0 Å². The molecule has 0 atom stereocenters. The summed E-state index contributed by atoms with van der Waals surface area (Å²) in [7, 11) is 1.88. The highest BCUT2D eigenvalue weighted by atomic mass is 16.2. The van der Waals surface area contributed by atoms with E-state index in [0.29, 0.717) is 0 Å². The molecule has 2 aromatic carbocycles. The normalized spacial score (nSPS) is 10.5. The first-order chi connectivity index (χ1) is 13.0. The Hall–Kier alpha value is -2.55. The molecule has 27 heavy (non-hydrogen) atoms. The Morgan fingerprint density at radius 2 is 1.63 bits per heavy atom. The predicted molar refractivity (Wildman–Crippen MR) is 116 cm³/mol. The van der Waals surface area contributed by atoms with Crippen LogP contribution >= 0.6 is 0 Å². The Morgan fingerprint density at radius 1 is 1.00 bits per heavy atom. The van der Waals surface area contributed by atoms with Crippen molar-refractivity contribution < 1.29 is 4.79 Å². The molecule has 2 aromatic rings. The number of hydrogen-bond acceptors (Lipinski definition) is 2. The summed E-state index contributed by atoms with van der Waals surface area (Å²) in [5.74, 6) is 0.0831. The quantitative estimate of drug-likeness (QED) is 0.399. The highest BCUT2D eigenvalue weighted by molar-refractivity contribution is 5.94. The molecule has 3 nitrogen and oxygen atoms in total. The Kier molecular flexibility index (Phi) is 8.12. The van der Waals surface area contributed by atoms with Crippen LogP contribution in [-0.4, -0.2) is 24.4 Å². The van der Waals surface area contributed by atoms with E-state index in [-0.39, 0.29) is 5.91 Å². The van der Waals surface area contributed by atoms with Crippen LogP contribution in [0.25, 0.3) is 0 Å². The molecule has 3 heteroatoms. The molecule has 0 bridgehead atoms. The topological polar surface area (TPSA) is 32.3 Å². The molecule has 0 aliphatic carbocycles. The second-order valence-corrected chi connectivity index (χ2v) is 7.19. The molecule has 0 fully saturated rings. The first-order valence-electron chi connectivity index (χ1n) is 9.82. The highest BCUT2D eigenvalue weighted by Gasteiger charge is 2.11. The third-order valence-corrected chi connectivity index (χ3v) is 4.88. The first kappa shape index (κ1) is 20.8. The fourth-order valence-corrected chi connectivity index (χ4v) is 3.17. The lowest BCUT2D eigenvalue weighted by Crippen LogP contribution is -2.27. The van der Waals surface area contributed by atoms with Gasteiger partial charge in [0.05, 0.1) is 0 Å². The van der Waals surface area contributed by atoms with Gasteiger partial charge in [0.15, 0.2) is 0 Å². The number of rotatable bonds is 10. The van der Waals surface area contributed by atoms with E-state index in [1.54, 1.807) is 0 Å². The molecule has 0 radical (unpaired) electrons. The van der Waals surface area contributed by atoms with Crippen LogP contribution in [-0.2, 0) is 0 Å². The van der Waals surface area contributed by atoms with Crippen molar-refractivity contribution in [3.63, 3.8) is 0 Å². The van der Waals surface area contributed by atoms with Crippen molar-refractivity contribution in [2.45, 2.75) is 46.0 Å². The monoisotopic (exact) mass is 364 g/mol. The van der Waals surface area contributed by atoms with Crippen molar-refractivity contribution in [2.75, 3.05) is 18.9 Å². The van der Waals surface area contributed by atoms with E-state index in [2.05, 4.69) is 43.9 Å². The third kappa shape index (κ3) is 6.28. The van der Waals surface area contributed by atoms with Crippen molar-refractivity contribution in [1.82, 2.24) is 4.90 Å². The van der Waals surface area contributed by atoms with Crippen LogP contribution in [0.2, 0.25) is 0 Å². The summed E-state index contributed by atoms with van der Waals surface area (Å²) in [5, 5.41) is 3.46. The van der Waals surface area contributed by atoms with Crippen LogP contribution in [0.15, 0.2) is 55.1 Å². The standard InChI is InChI=1S/C24H32N2O/c1-5-6-7-8-9-10-18-26(4)24(27)21-14-16-22(17-15-21)25-23-19(2)12-11-13-20(23)3/h5,11-17,25H,1,6-10,18H2,2-4H3. The fourth-order valence-electron chi connectivity index (χ4n) is 3.17. The number of nitrogens with one attached hydrogen (secondary N) is 1. The average Bonchev–Trinajstić information content (AvgIpc) is 2.67. The third-order valence-electron chi connectivity index (χ3n) is 4.88. The number of benzene rings is 2. The zero-order chi connectivity index (χ0) is 19.6.